The van der Waals surface area contributed by atoms with E-state index in [0.29, 0.717) is 23.6 Å². The molecule has 106 valence electrons. The molecule has 0 saturated carbocycles. The van der Waals surface area contributed by atoms with E-state index >= 15 is 0 Å². The molecule has 0 fully saturated rings. The lowest BCUT2D eigenvalue weighted by molar-refractivity contribution is 0.00103. The standard InChI is InChI=1S/C11H17BrN4O3/c1-11(2,3)19-10(18)15-4-5-16-8(7(15)6-17)13-9(12)14-16/h7,17H,4-6H2,1-3H3. The average molecular weight is 333 g/mol. The van der Waals surface area contributed by atoms with Gasteiger partial charge in [0.2, 0.25) is 4.73 Å². The Kier molecular flexibility index (Phi) is 3.82. The number of amides is 1. The first-order chi connectivity index (χ1) is 8.81. The maximum Gasteiger partial charge on any atom is 0.411 e. The van der Waals surface area contributed by atoms with Gasteiger partial charge in [-0.2, -0.15) is 0 Å². The first-order valence-electron chi connectivity index (χ1n) is 6.02. The number of ether oxygens (including phenoxy) is 1. The quantitative estimate of drug-likeness (QED) is 0.838. The summed E-state index contributed by atoms with van der Waals surface area (Å²) in [5, 5.41) is 13.7. The van der Waals surface area contributed by atoms with Gasteiger partial charge < -0.3 is 9.84 Å². The molecule has 2 rings (SSSR count). The SMILES string of the molecule is CC(C)(C)OC(=O)N1CCn2nc(Br)nc2C1CO. The molecule has 1 aromatic rings. The molecule has 0 aromatic carbocycles. The Balaban J connectivity index is 2.22. The summed E-state index contributed by atoms with van der Waals surface area (Å²) in [5.74, 6) is 0.562. The number of hydrogen-bond donors (Lipinski definition) is 1. The molecule has 19 heavy (non-hydrogen) atoms. The van der Waals surface area contributed by atoms with Gasteiger partial charge in [0.25, 0.3) is 0 Å². The lowest BCUT2D eigenvalue weighted by atomic mass is 10.2. The van der Waals surface area contributed by atoms with Crippen molar-refractivity contribution in [1.82, 2.24) is 19.7 Å². The van der Waals surface area contributed by atoms with E-state index in [2.05, 4.69) is 26.0 Å². The Morgan fingerprint density at radius 2 is 2.21 bits per heavy atom. The lowest BCUT2D eigenvalue weighted by Gasteiger charge is -2.35. The van der Waals surface area contributed by atoms with E-state index in [-0.39, 0.29) is 6.61 Å². The maximum atomic E-state index is 12.1. The zero-order valence-corrected chi connectivity index (χ0v) is 12.7. The van der Waals surface area contributed by atoms with Crippen molar-refractivity contribution in [2.45, 2.75) is 39.0 Å². The van der Waals surface area contributed by atoms with Crippen LogP contribution in [-0.4, -0.2) is 49.6 Å². The number of aliphatic hydroxyl groups excluding tert-OH is 1. The molecular weight excluding hydrogens is 316 g/mol. The average Bonchev–Trinajstić information content (AvgIpc) is 2.65. The molecular formula is C11H17BrN4O3. The van der Waals surface area contributed by atoms with Crippen molar-refractivity contribution in [2.24, 2.45) is 0 Å². The number of nitrogens with zero attached hydrogens (tertiary/aromatic N) is 4. The first-order valence-corrected chi connectivity index (χ1v) is 6.82. The molecule has 0 bridgehead atoms. The summed E-state index contributed by atoms with van der Waals surface area (Å²) in [6.45, 7) is 6.17. The van der Waals surface area contributed by atoms with Crippen LogP contribution in [0.5, 0.6) is 0 Å². The molecule has 1 aliphatic heterocycles. The highest BCUT2D eigenvalue weighted by Crippen LogP contribution is 2.26. The van der Waals surface area contributed by atoms with E-state index in [4.69, 9.17) is 4.74 Å². The van der Waals surface area contributed by atoms with Crippen LogP contribution in [-0.2, 0) is 11.3 Å². The molecule has 0 aliphatic carbocycles. The van der Waals surface area contributed by atoms with Gasteiger partial charge in [0.15, 0.2) is 5.82 Å². The summed E-state index contributed by atoms with van der Waals surface area (Å²) in [6, 6.07) is -0.526. The molecule has 0 spiro atoms. The summed E-state index contributed by atoms with van der Waals surface area (Å²) < 4.78 is 7.48. The maximum absolute atomic E-state index is 12.1. The molecule has 1 aromatic heterocycles. The number of fused-ring (bicyclic) bond motifs is 1. The number of rotatable bonds is 1. The summed E-state index contributed by atoms with van der Waals surface area (Å²) in [4.78, 5) is 17.8. The van der Waals surface area contributed by atoms with Gasteiger partial charge in [-0.15, -0.1) is 5.10 Å². The zero-order valence-electron chi connectivity index (χ0n) is 11.1. The third-order valence-electron chi connectivity index (χ3n) is 2.70. The van der Waals surface area contributed by atoms with Gasteiger partial charge in [0, 0.05) is 6.54 Å². The number of hydrogen-bond acceptors (Lipinski definition) is 5. The smallest absolute Gasteiger partial charge is 0.411 e. The minimum absolute atomic E-state index is 0.218. The van der Waals surface area contributed by atoms with Crippen LogP contribution in [0.2, 0.25) is 0 Å². The van der Waals surface area contributed by atoms with Gasteiger partial charge in [0.05, 0.1) is 13.2 Å². The van der Waals surface area contributed by atoms with Crippen LogP contribution in [0.4, 0.5) is 4.79 Å². The fraction of sp³-hybridized carbons (Fsp3) is 0.727. The zero-order chi connectivity index (χ0) is 14.2. The van der Waals surface area contributed by atoms with Crippen LogP contribution >= 0.6 is 15.9 Å². The Bertz CT molecular complexity index is 483. The van der Waals surface area contributed by atoms with E-state index in [9.17, 15) is 9.90 Å². The van der Waals surface area contributed by atoms with Gasteiger partial charge >= 0.3 is 6.09 Å². The number of carbonyl (C=O) groups excluding carboxylic acids is 1. The van der Waals surface area contributed by atoms with Gasteiger partial charge in [-0.05, 0) is 36.7 Å². The van der Waals surface area contributed by atoms with Crippen molar-refractivity contribution in [3.05, 3.63) is 10.6 Å². The van der Waals surface area contributed by atoms with E-state index in [1.807, 2.05) is 20.8 Å². The number of aliphatic hydroxyl groups is 1. The predicted octanol–water partition coefficient (Wildman–Crippen LogP) is 1.32. The second kappa shape index (κ2) is 5.09. The highest BCUT2D eigenvalue weighted by Gasteiger charge is 2.35. The molecule has 2 heterocycles. The minimum Gasteiger partial charge on any atom is -0.444 e. The molecule has 1 atom stereocenters. The third kappa shape index (κ3) is 3.06. The fourth-order valence-corrected chi connectivity index (χ4v) is 2.33. The van der Waals surface area contributed by atoms with Gasteiger partial charge in [-0.25, -0.2) is 14.5 Å². The van der Waals surface area contributed by atoms with E-state index in [1.165, 1.54) is 4.90 Å². The Hall–Kier alpha value is -1.15. The van der Waals surface area contributed by atoms with E-state index in [0.717, 1.165) is 0 Å². The molecule has 1 aliphatic rings. The minimum atomic E-state index is -0.567. The van der Waals surface area contributed by atoms with E-state index < -0.39 is 17.7 Å². The third-order valence-corrected chi connectivity index (χ3v) is 3.04. The van der Waals surface area contributed by atoms with Crippen LogP contribution in [0.25, 0.3) is 0 Å². The van der Waals surface area contributed by atoms with Crippen molar-refractivity contribution in [1.29, 1.82) is 0 Å². The summed E-state index contributed by atoms with van der Waals surface area (Å²) >= 11 is 3.20. The molecule has 0 saturated heterocycles. The number of carbonyl (C=O) groups is 1. The summed E-state index contributed by atoms with van der Waals surface area (Å²) in [5.41, 5.74) is -0.567. The molecule has 8 heteroatoms. The molecule has 0 radical (unpaired) electrons. The number of aromatic nitrogens is 3. The van der Waals surface area contributed by atoms with Crippen LogP contribution in [0.15, 0.2) is 4.73 Å². The summed E-state index contributed by atoms with van der Waals surface area (Å²) in [6.07, 6.45) is -0.447. The Morgan fingerprint density at radius 1 is 1.53 bits per heavy atom. The largest absolute Gasteiger partial charge is 0.444 e. The molecule has 1 N–H and O–H groups in total. The fourth-order valence-electron chi connectivity index (χ4n) is 1.95. The van der Waals surface area contributed by atoms with Crippen molar-refractivity contribution < 1.29 is 14.6 Å². The molecule has 1 amide bonds. The van der Waals surface area contributed by atoms with Crippen LogP contribution in [0, 0.1) is 0 Å². The van der Waals surface area contributed by atoms with Crippen molar-refractivity contribution in [3.8, 4) is 0 Å². The van der Waals surface area contributed by atoms with E-state index in [1.54, 1.807) is 4.68 Å². The van der Waals surface area contributed by atoms with Crippen LogP contribution in [0.1, 0.15) is 32.6 Å². The van der Waals surface area contributed by atoms with Crippen molar-refractivity contribution in [3.63, 3.8) is 0 Å². The monoisotopic (exact) mass is 332 g/mol. The second-order valence-electron chi connectivity index (χ2n) is 5.33. The van der Waals surface area contributed by atoms with Gasteiger partial charge in [-0.1, -0.05) is 0 Å². The number of halogens is 1. The van der Waals surface area contributed by atoms with Crippen molar-refractivity contribution >= 4 is 22.0 Å². The molecule has 7 nitrogen and oxygen atoms in total. The Morgan fingerprint density at radius 3 is 2.79 bits per heavy atom. The molecule has 1 unspecified atom stereocenters. The highest BCUT2D eigenvalue weighted by atomic mass is 79.9. The van der Waals surface area contributed by atoms with Crippen LogP contribution < -0.4 is 0 Å². The normalized spacial score (nSPS) is 19.2. The van der Waals surface area contributed by atoms with Gasteiger partial charge in [0.1, 0.15) is 11.6 Å². The predicted molar refractivity (Wildman–Crippen MR) is 70.5 cm³/mol. The highest BCUT2D eigenvalue weighted by molar-refractivity contribution is 9.10. The van der Waals surface area contributed by atoms with Crippen molar-refractivity contribution in [2.75, 3.05) is 13.2 Å². The van der Waals surface area contributed by atoms with Crippen LogP contribution in [0.3, 0.4) is 0 Å². The lowest BCUT2D eigenvalue weighted by Crippen LogP contribution is -2.46. The second-order valence-corrected chi connectivity index (χ2v) is 6.04. The van der Waals surface area contributed by atoms with Gasteiger partial charge in [-0.3, -0.25) is 4.90 Å². The first kappa shape index (κ1) is 14.3. The Labute approximate surface area is 119 Å². The summed E-state index contributed by atoms with van der Waals surface area (Å²) in [7, 11) is 0. The topological polar surface area (TPSA) is 80.5 Å².